The van der Waals surface area contributed by atoms with Crippen molar-refractivity contribution in [3.05, 3.63) is 208 Å². The number of para-hydroxylation sites is 2. The molecule has 5 nitrogen and oxygen atoms in total. The number of rotatable bonds is 10. The maximum atomic E-state index is 5.83. The molecular weight excluding hydrogens is 815 g/mol. The molecule has 10 rings (SSSR count). The first-order valence-corrected chi connectivity index (χ1v) is 24.4. The van der Waals surface area contributed by atoms with Crippen molar-refractivity contribution in [1.82, 2.24) is 14.1 Å². The normalized spacial score (nSPS) is 18.9. The highest BCUT2D eigenvalue weighted by molar-refractivity contribution is 6.14. The van der Waals surface area contributed by atoms with Gasteiger partial charge in [0.25, 0.3) is 0 Å². The van der Waals surface area contributed by atoms with Crippen LogP contribution in [0.4, 0.5) is 17.2 Å². The predicted octanol–water partition coefficient (Wildman–Crippen LogP) is 14.9. The summed E-state index contributed by atoms with van der Waals surface area (Å²) in [6.07, 6.45) is 32.8. The maximum Gasteiger partial charge on any atom is 0.140 e. The molecule has 4 heterocycles. The molecule has 2 aliphatic carbocycles. The Morgan fingerprint density at radius 1 is 0.776 bits per heavy atom. The molecule has 0 N–H and O–H groups in total. The Hall–Kier alpha value is -7.11. The Kier molecular flexibility index (Phi) is 12.2. The molecule has 3 unspecified atom stereocenters. The summed E-state index contributed by atoms with van der Waals surface area (Å²) in [6, 6.07) is 38.3. The number of benzene rings is 4. The number of fused-ring (bicyclic) bond motifs is 9. The smallest absolute Gasteiger partial charge is 0.140 e. The fraction of sp³-hybridized carbons (Fsp3) is 0.242. The van der Waals surface area contributed by atoms with Crippen LogP contribution in [0.25, 0.3) is 50.7 Å². The summed E-state index contributed by atoms with van der Waals surface area (Å²) in [5.41, 5.74) is 13.6. The molecule has 0 spiro atoms. The summed E-state index contributed by atoms with van der Waals surface area (Å²) >= 11 is 0. The minimum Gasteiger partial charge on any atom is -0.334 e. The van der Waals surface area contributed by atoms with Crippen LogP contribution >= 0.6 is 0 Å². The summed E-state index contributed by atoms with van der Waals surface area (Å²) < 4.78 is 5.02. The fourth-order valence-corrected chi connectivity index (χ4v) is 11.2. The highest BCUT2D eigenvalue weighted by Crippen LogP contribution is 2.45. The molecule has 0 fully saturated rings. The third kappa shape index (κ3) is 8.15. The van der Waals surface area contributed by atoms with Crippen molar-refractivity contribution in [3.8, 4) is 5.82 Å². The van der Waals surface area contributed by atoms with E-state index in [0.717, 1.165) is 71.7 Å². The molecule has 67 heavy (non-hydrogen) atoms. The Labute approximate surface area is 396 Å². The molecule has 0 radical (unpaired) electrons. The standard InChI is InChI=1S/C62H63N5/c1-8-10-14-23-46(7)65-56-29-20-19-27-51(56)54-40-49-38-47(39-58(54)65)50-26-17-11-12-18-28-55(50)66(49)59-30-21-31-60(63-59)67-57-35-32-43(4)37-53(57)52-34-33-45(6)61(62(52)67)64(48-24-15-13-16-25-48)41-44(5)36-42(3)22-9-2/h8-10,12-16,18-25,27,29-37,39-41,46-47,49H,11,17,26,28,38H2,1-7H3/b10-8-,18-12-,22-9-,23-14-,42-36-,44-41+. The van der Waals surface area contributed by atoms with Gasteiger partial charge in [-0.05, 0) is 133 Å². The average Bonchev–Trinajstić information content (AvgIpc) is 3.74. The lowest BCUT2D eigenvalue weighted by Crippen LogP contribution is -2.41. The Morgan fingerprint density at radius 2 is 1.60 bits per heavy atom. The monoisotopic (exact) mass is 878 g/mol. The number of anilines is 3. The highest BCUT2D eigenvalue weighted by atomic mass is 15.3. The van der Waals surface area contributed by atoms with Crippen LogP contribution in [-0.4, -0.2) is 20.2 Å². The van der Waals surface area contributed by atoms with E-state index in [2.05, 4.69) is 244 Å². The van der Waals surface area contributed by atoms with E-state index in [1.165, 1.54) is 54.6 Å². The highest BCUT2D eigenvalue weighted by Gasteiger charge is 2.36. The van der Waals surface area contributed by atoms with Gasteiger partial charge in [-0.1, -0.05) is 139 Å². The Balaban J connectivity index is 1.21. The van der Waals surface area contributed by atoms with Gasteiger partial charge in [0.2, 0.25) is 0 Å². The van der Waals surface area contributed by atoms with Crippen molar-refractivity contribution in [2.45, 2.75) is 92.7 Å². The molecule has 2 bridgehead atoms. The summed E-state index contributed by atoms with van der Waals surface area (Å²) in [7, 11) is 0. The maximum absolute atomic E-state index is 5.83. The van der Waals surface area contributed by atoms with Gasteiger partial charge in [0.1, 0.15) is 11.6 Å². The summed E-state index contributed by atoms with van der Waals surface area (Å²) in [4.78, 5) is 10.8. The van der Waals surface area contributed by atoms with E-state index >= 15 is 0 Å². The lowest BCUT2D eigenvalue weighted by atomic mass is 9.81. The second-order valence-corrected chi connectivity index (χ2v) is 18.8. The first kappa shape index (κ1) is 43.8. The first-order valence-electron chi connectivity index (χ1n) is 24.4. The van der Waals surface area contributed by atoms with E-state index in [0.29, 0.717) is 5.92 Å². The van der Waals surface area contributed by atoms with E-state index in [1.54, 1.807) is 5.57 Å². The van der Waals surface area contributed by atoms with Gasteiger partial charge in [-0.15, -0.1) is 0 Å². The topological polar surface area (TPSA) is 29.2 Å². The van der Waals surface area contributed by atoms with E-state index in [1.807, 2.05) is 0 Å². The summed E-state index contributed by atoms with van der Waals surface area (Å²) in [5, 5.41) is 6.41. The van der Waals surface area contributed by atoms with Crippen molar-refractivity contribution >= 4 is 62.1 Å². The summed E-state index contributed by atoms with van der Waals surface area (Å²) in [6.45, 7) is 15.3. The number of aromatic nitrogens is 3. The predicted molar refractivity (Wildman–Crippen MR) is 287 cm³/mol. The van der Waals surface area contributed by atoms with Gasteiger partial charge in [0, 0.05) is 68.2 Å². The third-order valence-electron chi connectivity index (χ3n) is 14.0. The molecule has 1 aliphatic heterocycles. The number of hydrogen-bond donors (Lipinski definition) is 0. The Morgan fingerprint density at radius 3 is 2.43 bits per heavy atom. The van der Waals surface area contributed by atoms with Crippen LogP contribution in [0.5, 0.6) is 0 Å². The van der Waals surface area contributed by atoms with E-state index < -0.39 is 0 Å². The van der Waals surface area contributed by atoms with Gasteiger partial charge in [-0.3, -0.25) is 4.57 Å². The van der Waals surface area contributed by atoms with Crippen LogP contribution in [0.15, 0.2) is 186 Å². The van der Waals surface area contributed by atoms with Crippen molar-refractivity contribution in [2.75, 3.05) is 9.80 Å². The van der Waals surface area contributed by atoms with Crippen LogP contribution in [0.3, 0.4) is 0 Å². The minimum atomic E-state index is 0.115. The lowest BCUT2D eigenvalue weighted by molar-refractivity contribution is 0.545. The van der Waals surface area contributed by atoms with Crippen LogP contribution in [0, 0.1) is 19.8 Å². The molecule has 3 aliphatic rings. The van der Waals surface area contributed by atoms with Crippen LogP contribution in [0.2, 0.25) is 0 Å². The SMILES string of the molecule is C/C=C\C=C/C(C)n1c2c(c3ccccc31)=CC1CC(C=2)C2=C(C/C=C\CCC2)N1c1cccc(-n2c3ccc(C)cc3c3ccc(C)c(N(/C=C(C)/C=C(C)\C=C/C)c4ccccc4)c32)n1. The van der Waals surface area contributed by atoms with Gasteiger partial charge in [0.05, 0.1) is 22.8 Å². The third-order valence-corrected chi connectivity index (χ3v) is 14.0. The zero-order chi connectivity index (χ0) is 46.2. The number of aryl methyl sites for hydroxylation is 2. The molecule has 0 saturated carbocycles. The molecule has 0 saturated heterocycles. The molecule has 5 heteroatoms. The fourth-order valence-electron chi connectivity index (χ4n) is 11.2. The quantitative estimate of drug-likeness (QED) is 0.101. The van der Waals surface area contributed by atoms with Crippen molar-refractivity contribution in [3.63, 3.8) is 0 Å². The van der Waals surface area contributed by atoms with Crippen LogP contribution in [-0.2, 0) is 0 Å². The molecule has 4 aromatic carbocycles. The van der Waals surface area contributed by atoms with Crippen LogP contribution in [0.1, 0.15) is 83.9 Å². The van der Waals surface area contributed by atoms with E-state index in [4.69, 9.17) is 4.98 Å². The van der Waals surface area contributed by atoms with Gasteiger partial charge in [0.15, 0.2) is 0 Å². The van der Waals surface area contributed by atoms with Crippen molar-refractivity contribution < 1.29 is 0 Å². The number of allylic oxidation sites excluding steroid dienone is 12. The molecule has 7 aromatic rings. The summed E-state index contributed by atoms with van der Waals surface area (Å²) in [5.74, 6) is 2.24. The first-order chi connectivity index (χ1) is 32.7. The van der Waals surface area contributed by atoms with E-state index in [-0.39, 0.29) is 12.1 Å². The second kappa shape index (κ2) is 18.6. The van der Waals surface area contributed by atoms with Crippen molar-refractivity contribution in [1.29, 1.82) is 0 Å². The lowest BCUT2D eigenvalue weighted by Gasteiger charge is -2.42. The largest absolute Gasteiger partial charge is 0.334 e. The molecule has 3 atom stereocenters. The zero-order valence-electron chi connectivity index (χ0n) is 40.2. The van der Waals surface area contributed by atoms with Crippen molar-refractivity contribution in [2.24, 2.45) is 5.92 Å². The van der Waals surface area contributed by atoms with Gasteiger partial charge in [-0.25, -0.2) is 4.98 Å². The molecule has 0 amide bonds. The molecule has 3 aromatic heterocycles. The zero-order valence-corrected chi connectivity index (χ0v) is 40.2. The van der Waals surface area contributed by atoms with E-state index in [9.17, 15) is 0 Å². The van der Waals surface area contributed by atoms with Gasteiger partial charge < -0.3 is 14.4 Å². The Bertz CT molecular complexity index is 3380. The van der Waals surface area contributed by atoms with Gasteiger partial charge in [-0.2, -0.15) is 0 Å². The van der Waals surface area contributed by atoms with Crippen LogP contribution < -0.4 is 20.4 Å². The second-order valence-electron chi connectivity index (χ2n) is 18.8. The molecular formula is C62H63N5. The minimum absolute atomic E-state index is 0.115. The number of pyridine rings is 1. The number of nitrogens with zero attached hydrogens (tertiary/aromatic N) is 5. The average molecular weight is 878 g/mol. The van der Waals surface area contributed by atoms with Gasteiger partial charge >= 0.3 is 0 Å². The number of hydrogen-bond acceptors (Lipinski definition) is 3. The molecule has 336 valence electrons.